The molecule has 0 spiro atoms. The van der Waals surface area contributed by atoms with Gasteiger partial charge in [-0.05, 0) is 24.6 Å². The molecule has 2 aromatic rings. The van der Waals surface area contributed by atoms with Gasteiger partial charge in [0.1, 0.15) is 23.0 Å². The number of methoxy groups -OCH3 is 1. The molecule has 1 aromatic carbocycles. The Morgan fingerprint density at radius 3 is 2.59 bits per heavy atom. The van der Waals surface area contributed by atoms with E-state index in [4.69, 9.17) is 16.3 Å². The summed E-state index contributed by atoms with van der Waals surface area (Å²) < 4.78 is 61.6. The van der Waals surface area contributed by atoms with E-state index >= 15 is 0 Å². The van der Waals surface area contributed by atoms with Gasteiger partial charge in [-0.15, -0.1) is 0 Å². The lowest BCUT2D eigenvalue weighted by Gasteiger charge is -2.15. The van der Waals surface area contributed by atoms with E-state index in [1.165, 1.54) is 6.92 Å². The maximum absolute atomic E-state index is 14.1. The van der Waals surface area contributed by atoms with Crippen molar-refractivity contribution in [2.45, 2.75) is 25.6 Å². The molecule has 1 unspecified atom stereocenters. The van der Waals surface area contributed by atoms with Gasteiger partial charge >= 0.3 is 12.1 Å². The predicted molar refractivity (Wildman–Crippen MR) is 86.2 cm³/mol. The first-order chi connectivity index (χ1) is 12.5. The Kier molecular flexibility index (Phi) is 6.09. The third-order valence-electron chi connectivity index (χ3n) is 3.46. The fourth-order valence-electron chi connectivity index (χ4n) is 2.08. The second-order valence-corrected chi connectivity index (χ2v) is 5.81. The highest BCUT2D eigenvalue weighted by Crippen LogP contribution is 2.30. The summed E-state index contributed by atoms with van der Waals surface area (Å²) >= 11 is 5.87. The lowest BCUT2D eigenvalue weighted by molar-refractivity contribution is -0.148. The van der Waals surface area contributed by atoms with Crippen LogP contribution >= 0.6 is 11.6 Å². The third kappa shape index (κ3) is 4.97. The summed E-state index contributed by atoms with van der Waals surface area (Å²) in [6, 6.07) is 2.03. The molecule has 6 nitrogen and oxygen atoms in total. The first-order valence-electron chi connectivity index (χ1n) is 7.40. The van der Waals surface area contributed by atoms with Crippen LogP contribution in [0.15, 0.2) is 23.1 Å². The number of carbonyl (C=O) groups is 1. The first-order valence-corrected chi connectivity index (χ1v) is 7.78. The monoisotopic (exact) mass is 408 g/mol. The van der Waals surface area contributed by atoms with Crippen LogP contribution in [0.25, 0.3) is 0 Å². The average Bonchev–Trinajstić information content (AvgIpc) is 2.58. The number of ether oxygens (including phenoxy) is 2. The molecule has 0 bridgehead atoms. The highest BCUT2D eigenvalue weighted by molar-refractivity contribution is 6.32. The number of aromatic amines is 1. The number of aromatic nitrogens is 2. The van der Waals surface area contributed by atoms with Gasteiger partial charge in [-0.2, -0.15) is 13.2 Å². The summed E-state index contributed by atoms with van der Waals surface area (Å²) in [5.74, 6) is -1.58. The number of benzene rings is 1. The summed E-state index contributed by atoms with van der Waals surface area (Å²) in [5, 5.41) is -0.138. The summed E-state index contributed by atoms with van der Waals surface area (Å²) in [7, 11) is 1.16. The predicted octanol–water partition coefficient (Wildman–Crippen LogP) is 3.11. The second-order valence-electron chi connectivity index (χ2n) is 5.40. The smallest absolute Gasteiger partial charge is 0.432 e. The Morgan fingerprint density at radius 2 is 2.04 bits per heavy atom. The molecule has 0 fully saturated rings. The van der Waals surface area contributed by atoms with Crippen LogP contribution in [0.2, 0.25) is 5.02 Å². The standard InChI is InChI=1S/C16H13ClF4N2O4/c1-7(15(25)26-2)27-12-4-8(10(18)5-9(12)17)3-11-14(24)23-13(6-22-11)16(19,20)21/h4-7H,3H2,1-2H3,(H,23,24). The SMILES string of the molecule is COC(=O)C(C)Oc1cc(Cc2ncc(C(F)(F)F)[nH]c2=O)c(F)cc1Cl. The van der Waals surface area contributed by atoms with Gasteiger partial charge in [-0.1, -0.05) is 11.6 Å². The number of H-pyrrole nitrogens is 1. The number of esters is 1. The normalized spacial score (nSPS) is 12.6. The topological polar surface area (TPSA) is 81.3 Å². The number of halogens is 5. The van der Waals surface area contributed by atoms with Gasteiger partial charge in [0.2, 0.25) is 0 Å². The minimum absolute atomic E-state index is 0.0608. The highest BCUT2D eigenvalue weighted by atomic mass is 35.5. The van der Waals surface area contributed by atoms with Gasteiger partial charge in [0.25, 0.3) is 5.56 Å². The van der Waals surface area contributed by atoms with Crippen molar-refractivity contribution in [2.75, 3.05) is 7.11 Å². The summed E-state index contributed by atoms with van der Waals surface area (Å²) in [6.45, 7) is 1.38. The molecule has 146 valence electrons. The number of alkyl halides is 3. The van der Waals surface area contributed by atoms with E-state index in [1.807, 2.05) is 0 Å². The van der Waals surface area contributed by atoms with Crippen LogP contribution in [0.3, 0.4) is 0 Å². The van der Waals surface area contributed by atoms with Gasteiger partial charge in [0, 0.05) is 6.42 Å². The Labute approximate surface area is 155 Å². The molecule has 2 rings (SSSR count). The van der Waals surface area contributed by atoms with Crippen LogP contribution < -0.4 is 10.3 Å². The van der Waals surface area contributed by atoms with Crippen LogP contribution in [0.4, 0.5) is 17.6 Å². The quantitative estimate of drug-likeness (QED) is 0.607. The van der Waals surface area contributed by atoms with E-state index in [2.05, 4.69) is 9.72 Å². The molecule has 0 saturated heterocycles. The molecule has 27 heavy (non-hydrogen) atoms. The third-order valence-corrected chi connectivity index (χ3v) is 3.76. The van der Waals surface area contributed by atoms with Gasteiger partial charge in [0.15, 0.2) is 6.10 Å². The van der Waals surface area contributed by atoms with Crippen molar-refractivity contribution >= 4 is 17.6 Å². The molecular weight excluding hydrogens is 396 g/mol. The lowest BCUT2D eigenvalue weighted by Crippen LogP contribution is -2.25. The number of hydrogen-bond acceptors (Lipinski definition) is 5. The molecular formula is C16H13ClF4N2O4. The van der Waals surface area contributed by atoms with Crippen molar-refractivity contribution in [3.8, 4) is 5.75 Å². The molecule has 0 amide bonds. The fraction of sp³-hybridized carbons (Fsp3) is 0.312. The van der Waals surface area contributed by atoms with E-state index in [0.717, 1.165) is 19.2 Å². The molecule has 11 heteroatoms. The van der Waals surface area contributed by atoms with Crippen molar-refractivity contribution in [1.82, 2.24) is 9.97 Å². The minimum atomic E-state index is -4.76. The van der Waals surface area contributed by atoms with Gasteiger partial charge in [-0.3, -0.25) is 9.78 Å². The van der Waals surface area contributed by atoms with Crippen molar-refractivity contribution in [3.63, 3.8) is 0 Å². The first kappa shape index (κ1) is 20.7. The Bertz CT molecular complexity index is 914. The summed E-state index contributed by atoms with van der Waals surface area (Å²) in [5.41, 5.74) is -2.87. The van der Waals surface area contributed by atoms with E-state index in [1.54, 1.807) is 4.98 Å². The van der Waals surface area contributed by atoms with Crippen molar-refractivity contribution in [2.24, 2.45) is 0 Å². The van der Waals surface area contributed by atoms with Crippen LogP contribution in [0.1, 0.15) is 23.9 Å². The second kappa shape index (κ2) is 7.95. The molecule has 0 aliphatic rings. The van der Waals surface area contributed by atoms with E-state index in [9.17, 15) is 27.2 Å². The van der Waals surface area contributed by atoms with Crippen LogP contribution in [-0.2, 0) is 22.1 Å². The Balaban J connectivity index is 2.33. The van der Waals surface area contributed by atoms with Gasteiger partial charge in [0.05, 0.1) is 18.3 Å². The average molecular weight is 409 g/mol. The van der Waals surface area contributed by atoms with Crippen molar-refractivity contribution < 1.29 is 31.8 Å². The Hall–Kier alpha value is -2.62. The lowest BCUT2D eigenvalue weighted by atomic mass is 10.1. The maximum Gasteiger partial charge on any atom is 0.432 e. The zero-order chi connectivity index (χ0) is 20.4. The maximum atomic E-state index is 14.1. The zero-order valence-electron chi connectivity index (χ0n) is 14.0. The van der Waals surface area contributed by atoms with Gasteiger partial charge in [-0.25, -0.2) is 9.18 Å². The number of carbonyl (C=O) groups excluding carboxylic acids is 1. The highest BCUT2D eigenvalue weighted by Gasteiger charge is 2.32. The van der Waals surface area contributed by atoms with Crippen LogP contribution in [-0.4, -0.2) is 29.2 Å². The van der Waals surface area contributed by atoms with Crippen LogP contribution in [0.5, 0.6) is 5.75 Å². The summed E-state index contributed by atoms with van der Waals surface area (Å²) in [4.78, 5) is 28.3. The number of nitrogens with one attached hydrogen (secondary N) is 1. The largest absolute Gasteiger partial charge is 0.477 e. The molecule has 0 saturated carbocycles. The molecule has 0 aliphatic carbocycles. The van der Waals surface area contributed by atoms with Crippen molar-refractivity contribution in [1.29, 1.82) is 0 Å². The fourth-order valence-corrected chi connectivity index (χ4v) is 2.27. The molecule has 0 aliphatic heterocycles. The number of rotatable bonds is 5. The molecule has 1 N–H and O–H groups in total. The molecule has 1 atom stereocenters. The van der Waals surface area contributed by atoms with Gasteiger partial charge < -0.3 is 14.5 Å². The summed E-state index contributed by atoms with van der Waals surface area (Å²) in [6.07, 6.45) is -5.78. The number of nitrogens with zero attached hydrogens (tertiary/aromatic N) is 1. The van der Waals surface area contributed by atoms with Crippen molar-refractivity contribution in [3.05, 3.63) is 56.5 Å². The number of hydrogen-bond donors (Lipinski definition) is 1. The zero-order valence-corrected chi connectivity index (χ0v) is 14.7. The molecule has 1 aromatic heterocycles. The molecule has 1 heterocycles. The van der Waals surface area contributed by atoms with E-state index < -0.39 is 41.7 Å². The Morgan fingerprint density at radius 1 is 1.37 bits per heavy atom. The molecule has 0 radical (unpaired) electrons. The van der Waals surface area contributed by atoms with E-state index in [0.29, 0.717) is 6.20 Å². The van der Waals surface area contributed by atoms with E-state index in [-0.39, 0.29) is 22.0 Å². The van der Waals surface area contributed by atoms with Crippen LogP contribution in [0, 0.1) is 5.82 Å². The minimum Gasteiger partial charge on any atom is -0.477 e.